The number of rotatable bonds is 10. The van der Waals surface area contributed by atoms with Crippen molar-refractivity contribution in [2.75, 3.05) is 46.9 Å². The molecule has 1 aromatic rings. The largest absolute Gasteiger partial charge is 0.453 e. The predicted octanol–water partition coefficient (Wildman–Crippen LogP) is 4.01. The van der Waals surface area contributed by atoms with Crippen LogP contribution in [0.15, 0.2) is 30.3 Å². The van der Waals surface area contributed by atoms with E-state index < -0.39 is 11.7 Å². The number of benzene rings is 1. The fraction of sp³-hybridized carbons (Fsp3) is 0.714. The fourth-order valence-electron chi connectivity index (χ4n) is 6.60. The first-order valence-electron chi connectivity index (χ1n) is 13.7. The van der Waals surface area contributed by atoms with Crippen LogP contribution in [0, 0.1) is 11.3 Å². The molecule has 0 aromatic heterocycles. The van der Waals surface area contributed by atoms with Gasteiger partial charge in [0.2, 0.25) is 0 Å². The number of likely N-dealkylation sites (tertiary alicyclic amines) is 1. The van der Waals surface area contributed by atoms with Gasteiger partial charge in [-0.3, -0.25) is 0 Å². The summed E-state index contributed by atoms with van der Waals surface area (Å²) in [6.07, 6.45) is 10.0. The number of alkyl carbamates (subject to hydrolysis) is 1. The average Bonchev–Trinajstić information content (AvgIpc) is 3.53. The van der Waals surface area contributed by atoms with Gasteiger partial charge in [-0.2, -0.15) is 0 Å². The zero-order valence-electron chi connectivity index (χ0n) is 22.0. The molecule has 2 saturated carbocycles. The van der Waals surface area contributed by atoms with Gasteiger partial charge < -0.3 is 30.3 Å². The van der Waals surface area contributed by atoms with Crippen LogP contribution in [0.25, 0.3) is 0 Å². The highest BCUT2D eigenvalue weighted by Gasteiger charge is 2.70. The van der Waals surface area contributed by atoms with Gasteiger partial charge in [0.1, 0.15) is 5.60 Å². The Labute approximate surface area is 215 Å². The van der Waals surface area contributed by atoms with Crippen LogP contribution >= 0.6 is 0 Å². The lowest BCUT2D eigenvalue weighted by atomic mass is 9.84. The third-order valence-electron chi connectivity index (χ3n) is 8.45. The van der Waals surface area contributed by atoms with Crippen LogP contribution in [0.3, 0.4) is 0 Å². The summed E-state index contributed by atoms with van der Waals surface area (Å²) in [7, 11) is 3.32. The number of urea groups is 1. The summed E-state index contributed by atoms with van der Waals surface area (Å²) in [5.41, 5.74) is 0.616. The Balaban J connectivity index is 1.40. The molecule has 2 aliphatic carbocycles. The molecule has 0 bridgehead atoms. The van der Waals surface area contributed by atoms with E-state index in [0.29, 0.717) is 25.6 Å². The van der Waals surface area contributed by atoms with Crippen molar-refractivity contribution < 1.29 is 19.1 Å². The summed E-state index contributed by atoms with van der Waals surface area (Å²) in [4.78, 5) is 26.9. The highest BCUT2D eigenvalue weighted by atomic mass is 16.5. The number of hydrogen-bond donors (Lipinski definition) is 3. The van der Waals surface area contributed by atoms with E-state index in [-0.39, 0.29) is 17.5 Å². The molecule has 3 N–H and O–H groups in total. The predicted molar refractivity (Wildman–Crippen MR) is 140 cm³/mol. The van der Waals surface area contributed by atoms with E-state index in [9.17, 15) is 9.59 Å². The number of carbonyl (C=O) groups excluding carboxylic acids is 2. The Morgan fingerprint density at radius 1 is 1.14 bits per heavy atom. The van der Waals surface area contributed by atoms with Crippen molar-refractivity contribution in [3.63, 3.8) is 0 Å². The fourth-order valence-corrected chi connectivity index (χ4v) is 6.60. The maximum Gasteiger partial charge on any atom is 0.406 e. The molecule has 4 rings (SSSR count). The van der Waals surface area contributed by atoms with Crippen molar-refractivity contribution in [2.45, 2.75) is 69.4 Å². The number of ether oxygens (including phenoxy) is 2. The van der Waals surface area contributed by atoms with Gasteiger partial charge in [0, 0.05) is 37.6 Å². The van der Waals surface area contributed by atoms with Gasteiger partial charge in [-0.05, 0) is 44.2 Å². The second-order valence-electron chi connectivity index (χ2n) is 10.9. The van der Waals surface area contributed by atoms with Crippen molar-refractivity contribution in [2.24, 2.45) is 11.3 Å². The Hall–Kier alpha value is -2.32. The molecule has 3 aliphatic rings. The van der Waals surface area contributed by atoms with E-state index >= 15 is 0 Å². The van der Waals surface area contributed by atoms with E-state index in [2.05, 4.69) is 32.8 Å². The average molecular weight is 501 g/mol. The number of nitrogens with zero attached hydrogens (tertiary/aromatic N) is 1. The molecule has 0 unspecified atom stereocenters. The number of amides is 3. The molecule has 1 saturated heterocycles. The van der Waals surface area contributed by atoms with Crippen LogP contribution in [-0.2, 0) is 15.1 Å². The molecule has 3 atom stereocenters. The number of methoxy groups -OCH3 is 1. The van der Waals surface area contributed by atoms with Gasteiger partial charge in [-0.15, -0.1) is 0 Å². The number of hydrogen-bond acceptors (Lipinski definition) is 5. The highest BCUT2D eigenvalue weighted by molar-refractivity contribution is 5.75. The van der Waals surface area contributed by atoms with Crippen LogP contribution in [-0.4, -0.2) is 70.0 Å². The summed E-state index contributed by atoms with van der Waals surface area (Å²) >= 11 is 0. The van der Waals surface area contributed by atoms with Crippen LogP contribution in [0.1, 0.15) is 63.4 Å². The molecular weight excluding hydrogens is 456 g/mol. The van der Waals surface area contributed by atoms with Gasteiger partial charge in [0.25, 0.3) is 0 Å². The van der Waals surface area contributed by atoms with E-state index in [1.165, 1.54) is 39.2 Å². The molecule has 3 amide bonds. The number of nitrogens with one attached hydrogen (secondary N) is 3. The molecule has 36 heavy (non-hydrogen) atoms. The monoisotopic (exact) mass is 500 g/mol. The van der Waals surface area contributed by atoms with E-state index in [1.54, 1.807) is 0 Å². The summed E-state index contributed by atoms with van der Waals surface area (Å²) in [6.45, 7) is 3.04. The SMILES string of the molecule is CNC[C@H](CC1CCCCC1)NC(=O)N1CCC[C@@]2(C1)C[C@@]2(OCCNC(=O)OC)c1ccccc1. The summed E-state index contributed by atoms with van der Waals surface area (Å²) in [5, 5.41) is 9.34. The van der Waals surface area contributed by atoms with Gasteiger partial charge >= 0.3 is 12.1 Å². The third kappa shape index (κ3) is 6.14. The van der Waals surface area contributed by atoms with Crippen LogP contribution in [0.5, 0.6) is 0 Å². The first-order valence-corrected chi connectivity index (χ1v) is 13.7. The number of likely N-dealkylation sites (N-methyl/N-ethyl adjacent to an activating group) is 1. The lowest BCUT2D eigenvalue weighted by Gasteiger charge is -2.38. The van der Waals surface area contributed by atoms with Crippen molar-refractivity contribution in [1.29, 1.82) is 0 Å². The van der Waals surface area contributed by atoms with Crippen molar-refractivity contribution in [3.05, 3.63) is 35.9 Å². The van der Waals surface area contributed by atoms with E-state index in [0.717, 1.165) is 44.3 Å². The van der Waals surface area contributed by atoms with E-state index in [1.807, 2.05) is 30.1 Å². The first kappa shape index (κ1) is 26.7. The lowest BCUT2D eigenvalue weighted by Crippen LogP contribution is -2.52. The van der Waals surface area contributed by atoms with Crippen LogP contribution in [0.2, 0.25) is 0 Å². The maximum atomic E-state index is 13.4. The first-order chi connectivity index (χ1) is 17.5. The van der Waals surface area contributed by atoms with Gasteiger partial charge in [-0.25, -0.2) is 9.59 Å². The summed E-state index contributed by atoms with van der Waals surface area (Å²) < 4.78 is 11.2. The minimum Gasteiger partial charge on any atom is -0.453 e. The second-order valence-corrected chi connectivity index (χ2v) is 10.9. The van der Waals surface area contributed by atoms with E-state index in [4.69, 9.17) is 4.74 Å². The Bertz CT molecular complexity index is 862. The third-order valence-corrected chi connectivity index (χ3v) is 8.45. The van der Waals surface area contributed by atoms with Gasteiger partial charge in [0.15, 0.2) is 0 Å². The smallest absolute Gasteiger partial charge is 0.406 e. The normalized spacial score (nSPS) is 26.9. The highest BCUT2D eigenvalue weighted by Crippen LogP contribution is 2.69. The molecule has 1 aliphatic heterocycles. The van der Waals surface area contributed by atoms with Crippen LogP contribution < -0.4 is 16.0 Å². The standard InChI is InChI=1S/C28H44N4O4/c1-29-19-24(18-22-10-5-3-6-11-22)31-25(33)32-16-9-14-27(21-32)20-28(27,23-12-7-4-8-13-23)36-17-15-30-26(34)35-2/h4,7-8,12-13,22,24,29H,3,5-6,9-11,14-21H2,1-2H3,(H,30,34)(H,31,33)/t24-,27-,28+/m0/s1. The quantitative estimate of drug-likeness (QED) is 0.422. The Morgan fingerprint density at radius 3 is 2.64 bits per heavy atom. The zero-order valence-corrected chi connectivity index (χ0v) is 22.0. The molecule has 1 aromatic carbocycles. The van der Waals surface area contributed by atoms with Gasteiger partial charge in [-0.1, -0.05) is 62.4 Å². The Kier molecular flexibility index (Phi) is 9.12. The minimum atomic E-state index is -0.456. The minimum absolute atomic E-state index is 0.0476. The summed E-state index contributed by atoms with van der Waals surface area (Å²) in [5.74, 6) is 0.714. The molecule has 3 fully saturated rings. The van der Waals surface area contributed by atoms with Crippen molar-refractivity contribution in [1.82, 2.24) is 20.9 Å². The van der Waals surface area contributed by atoms with Crippen LogP contribution in [0.4, 0.5) is 9.59 Å². The Morgan fingerprint density at radius 2 is 1.92 bits per heavy atom. The summed E-state index contributed by atoms with van der Waals surface area (Å²) in [6, 6.07) is 10.5. The van der Waals surface area contributed by atoms with Crippen molar-refractivity contribution >= 4 is 12.1 Å². The molecule has 1 heterocycles. The lowest BCUT2D eigenvalue weighted by molar-refractivity contribution is -0.0167. The van der Waals surface area contributed by atoms with Gasteiger partial charge in [0.05, 0.1) is 13.7 Å². The van der Waals surface area contributed by atoms with Crippen molar-refractivity contribution in [3.8, 4) is 0 Å². The zero-order chi connectivity index (χ0) is 25.4. The molecular formula is C28H44N4O4. The molecule has 0 radical (unpaired) electrons. The topological polar surface area (TPSA) is 91.9 Å². The molecule has 200 valence electrons. The molecule has 8 nitrogen and oxygen atoms in total. The maximum absolute atomic E-state index is 13.4. The molecule has 8 heteroatoms. The number of carbonyl (C=O) groups is 2. The second kappa shape index (κ2) is 12.3. The molecule has 1 spiro atoms. The number of piperidine rings is 1.